The molecule has 0 saturated heterocycles. The first-order valence-corrected chi connectivity index (χ1v) is 7.91. The Morgan fingerprint density at radius 2 is 2.00 bits per heavy atom. The predicted molar refractivity (Wildman–Crippen MR) is 94.2 cm³/mol. The summed E-state index contributed by atoms with van der Waals surface area (Å²) < 4.78 is 1.72. The number of aryl methyl sites for hydroxylation is 2. The monoisotopic (exact) mass is 314 g/mol. The molecule has 23 heavy (non-hydrogen) atoms. The molecule has 5 nitrogen and oxygen atoms in total. The van der Waals surface area contributed by atoms with Crippen molar-refractivity contribution in [3.05, 3.63) is 41.6 Å². The lowest BCUT2D eigenvalue weighted by molar-refractivity contribution is -0.116. The number of benzene rings is 1. The normalized spacial score (nSPS) is 11.5. The number of anilines is 2. The summed E-state index contributed by atoms with van der Waals surface area (Å²) in [7, 11) is 1.84. The van der Waals surface area contributed by atoms with Gasteiger partial charge in [0.15, 0.2) is 0 Å². The van der Waals surface area contributed by atoms with Gasteiger partial charge in [0.2, 0.25) is 5.91 Å². The van der Waals surface area contributed by atoms with E-state index in [0.717, 1.165) is 29.2 Å². The van der Waals surface area contributed by atoms with Gasteiger partial charge in [-0.15, -0.1) is 0 Å². The minimum absolute atomic E-state index is 0.0291. The average molecular weight is 314 g/mol. The zero-order valence-electron chi connectivity index (χ0n) is 14.4. The van der Waals surface area contributed by atoms with Gasteiger partial charge in [0, 0.05) is 25.2 Å². The largest absolute Gasteiger partial charge is 0.399 e. The van der Waals surface area contributed by atoms with E-state index >= 15 is 0 Å². The third-order valence-corrected chi connectivity index (χ3v) is 3.59. The highest BCUT2D eigenvalue weighted by Gasteiger charge is 2.16. The first-order chi connectivity index (χ1) is 10.7. The van der Waals surface area contributed by atoms with Gasteiger partial charge in [-0.25, -0.2) is 0 Å². The number of aromatic nitrogens is 2. The number of nitrogen functional groups attached to an aromatic ring is 1. The molecule has 2 rings (SSSR count). The van der Waals surface area contributed by atoms with Crippen LogP contribution in [0, 0.1) is 5.41 Å². The standard InChI is InChI=1S/C18H26N4O/c1-18(2,3)12-14-11-16(22(4)21-14)20-17(23)10-9-13-7-5-6-8-15(13)19/h5-8,11H,9-10,12,19H2,1-4H3,(H,20,23). The van der Waals surface area contributed by atoms with Gasteiger partial charge in [0.05, 0.1) is 5.69 Å². The van der Waals surface area contributed by atoms with Crippen molar-refractivity contribution >= 4 is 17.4 Å². The fourth-order valence-electron chi connectivity index (χ4n) is 2.49. The van der Waals surface area contributed by atoms with Gasteiger partial charge in [0.1, 0.15) is 5.82 Å². The number of nitrogens with zero attached hydrogens (tertiary/aromatic N) is 2. The van der Waals surface area contributed by atoms with Crippen molar-refractivity contribution in [2.75, 3.05) is 11.1 Å². The Bertz CT molecular complexity index is 683. The highest BCUT2D eigenvalue weighted by molar-refractivity contribution is 5.90. The van der Waals surface area contributed by atoms with Crippen LogP contribution in [-0.2, 0) is 24.7 Å². The summed E-state index contributed by atoms with van der Waals surface area (Å²) in [6.07, 6.45) is 1.90. The van der Waals surface area contributed by atoms with Gasteiger partial charge in [0.25, 0.3) is 0 Å². The summed E-state index contributed by atoms with van der Waals surface area (Å²) in [5.41, 5.74) is 8.79. The van der Waals surface area contributed by atoms with Crippen molar-refractivity contribution in [1.82, 2.24) is 9.78 Å². The van der Waals surface area contributed by atoms with Crippen LogP contribution in [0.25, 0.3) is 0 Å². The summed E-state index contributed by atoms with van der Waals surface area (Å²) in [6.45, 7) is 6.51. The maximum Gasteiger partial charge on any atom is 0.225 e. The van der Waals surface area contributed by atoms with Crippen LogP contribution in [0.1, 0.15) is 38.4 Å². The lowest BCUT2D eigenvalue weighted by Gasteiger charge is -2.15. The summed E-state index contributed by atoms with van der Waals surface area (Å²) in [4.78, 5) is 12.2. The molecule has 0 aliphatic carbocycles. The Labute approximate surface area is 137 Å². The second-order valence-electron chi connectivity index (χ2n) is 7.13. The van der Waals surface area contributed by atoms with Crippen LogP contribution >= 0.6 is 0 Å². The van der Waals surface area contributed by atoms with Gasteiger partial charge in [-0.2, -0.15) is 5.10 Å². The minimum Gasteiger partial charge on any atom is -0.399 e. The Morgan fingerprint density at radius 3 is 2.65 bits per heavy atom. The van der Waals surface area contributed by atoms with Crippen molar-refractivity contribution in [1.29, 1.82) is 0 Å². The van der Waals surface area contributed by atoms with Crippen LogP contribution in [0.4, 0.5) is 11.5 Å². The number of para-hydroxylation sites is 1. The second kappa shape index (κ2) is 6.86. The van der Waals surface area contributed by atoms with Gasteiger partial charge in [-0.3, -0.25) is 9.48 Å². The van der Waals surface area contributed by atoms with E-state index in [4.69, 9.17) is 5.73 Å². The molecule has 0 bridgehead atoms. The quantitative estimate of drug-likeness (QED) is 0.833. The molecule has 1 aromatic carbocycles. The number of hydrogen-bond acceptors (Lipinski definition) is 3. The lowest BCUT2D eigenvalue weighted by atomic mass is 9.91. The van der Waals surface area contributed by atoms with Gasteiger partial charge < -0.3 is 11.1 Å². The number of amides is 1. The van der Waals surface area contributed by atoms with E-state index in [9.17, 15) is 4.79 Å². The van der Waals surface area contributed by atoms with Crippen LogP contribution in [0.5, 0.6) is 0 Å². The Morgan fingerprint density at radius 1 is 1.30 bits per heavy atom. The first-order valence-electron chi connectivity index (χ1n) is 7.91. The topological polar surface area (TPSA) is 72.9 Å². The average Bonchev–Trinajstić information content (AvgIpc) is 2.75. The van der Waals surface area contributed by atoms with Gasteiger partial charge in [-0.1, -0.05) is 39.0 Å². The number of carbonyl (C=O) groups excluding carboxylic acids is 1. The zero-order valence-corrected chi connectivity index (χ0v) is 14.4. The molecule has 0 saturated carbocycles. The molecule has 1 heterocycles. The number of nitrogens with one attached hydrogen (secondary N) is 1. The number of rotatable bonds is 5. The number of carbonyl (C=O) groups is 1. The molecular formula is C18H26N4O. The van der Waals surface area contributed by atoms with Crippen molar-refractivity contribution in [2.24, 2.45) is 12.5 Å². The first kappa shape index (κ1) is 17.1. The zero-order chi connectivity index (χ0) is 17.0. The Balaban J connectivity index is 1.94. The highest BCUT2D eigenvalue weighted by Crippen LogP contribution is 2.21. The van der Waals surface area contributed by atoms with Crippen LogP contribution in [0.2, 0.25) is 0 Å². The molecule has 124 valence electrons. The molecule has 3 N–H and O–H groups in total. The summed E-state index contributed by atoms with van der Waals surface area (Å²) >= 11 is 0. The smallest absolute Gasteiger partial charge is 0.225 e. The maximum absolute atomic E-state index is 12.2. The van der Waals surface area contributed by atoms with Gasteiger partial charge in [-0.05, 0) is 29.9 Å². The highest BCUT2D eigenvalue weighted by atomic mass is 16.1. The van der Waals surface area contributed by atoms with E-state index in [1.165, 1.54) is 0 Å². The SMILES string of the molecule is Cn1nc(CC(C)(C)C)cc1NC(=O)CCc1ccccc1N. The van der Waals surface area contributed by atoms with Crippen molar-refractivity contribution < 1.29 is 4.79 Å². The predicted octanol–water partition coefficient (Wildman–Crippen LogP) is 3.16. The van der Waals surface area contributed by atoms with E-state index in [0.29, 0.717) is 12.8 Å². The molecule has 0 aliphatic rings. The third-order valence-electron chi connectivity index (χ3n) is 3.59. The van der Waals surface area contributed by atoms with E-state index in [1.807, 2.05) is 37.4 Å². The molecule has 0 fully saturated rings. The summed E-state index contributed by atoms with van der Waals surface area (Å²) in [6, 6.07) is 9.58. The van der Waals surface area contributed by atoms with Crippen LogP contribution in [0.3, 0.4) is 0 Å². The second-order valence-corrected chi connectivity index (χ2v) is 7.13. The fraction of sp³-hybridized carbons (Fsp3) is 0.444. The molecule has 1 aromatic heterocycles. The van der Waals surface area contributed by atoms with Gasteiger partial charge >= 0.3 is 0 Å². The Kier molecular flexibility index (Phi) is 5.08. The van der Waals surface area contributed by atoms with E-state index in [-0.39, 0.29) is 11.3 Å². The minimum atomic E-state index is -0.0291. The molecule has 0 atom stereocenters. The maximum atomic E-state index is 12.2. The van der Waals surface area contributed by atoms with Crippen molar-refractivity contribution in [3.8, 4) is 0 Å². The molecular weight excluding hydrogens is 288 g/mol. The lowest BCUT2D eigenvalue weighted by Crippen LogP contribution is -2.15. The molecule has 1 amide bonds. The third kappa shape index (κ3) is 5.13. The molecule has 0 spiro atoms. The van der Waals surface area contributed by atoms with E-state index < -0.39 is 0 Å². The summed E-state index contributed by atoms with van der Waals surface area (Å²) in [5.74, 6) is 0.703. The molecule has 5 heteroatoms. The fourth-order valence-corrected chi connectivity index (χ4v) is 2.49. The molecule has 0 aliphatic heterocycles. The van der Waals surface area contributed by atoms with Crippen molar-refractivity contribution in [2.45, 2.75) is 40.0 Å². The molecule has 2 aromatic rings. The van der Waals surface area contributed by atoms with Crippen LogP contribution < -0.4 is 11.1 Å². The number of hydrogen-bond donors (Lipinski definition) is 2. The van der Waals surface area contributed by atoms with E-state index in [2.05, 4.69) is 31.2 Å². The molecule has 0 unspecified atom stereocenters. The van der Waals surface area contributed by atoms with E-state index in [1.54, 1.807) is 4.68 Å². The van der Waals surface area contributed by atoms with Crippen molar-refractivity contribution in [3.63, 3.8) is 0 Å². The van der Waals surface area contributed by atoms with Crippen LogP contribution in [-0.4, -0.2) is 15.7 Å². The summed E-state index contributed by atoms with van der Waals surface area (Å²) in [5, 5.41) is 7.39. The molecule has 0 radical (unpaired) electrons. The van der Waals surface area contributed by atoms with Crippen LogP contribution in [0.15, 0.2) is 30.3 Å². The Hall–Kier alpha value is -2.30. The number of nitrogens with two attached hydrogens (primary N) is 1.